The molecule has 29 heavy (non-hydrogen) atoms. The third-order valence-electron chi connectivity index (χ3n) is 3.49. The summed E-state index contributed by atoms with van der Waals surface area (Å²) in [6.07, 6.45) is -4.88. The van der Waals surface area contributed by atoms with Crippen LogP contribution in [0.5, 0.6) is 5.75 Å². The molecule has 0 fully saturated rings. The van der Waals surface area contributed by atoms with Crippen LogP contribution in [-0.4, -0.2) is 37.3 Å². The zero-order chi connectivity index (χ0) is 22.5. The van der Waals surface area contributed by atoms with E-state index in [0.717, 1.165) is 25.8 Å². The lowest BCUT2D eigenvalue weighted by atomic mass is 10.0. The molecule has 0 radical (unpaired) electrons. The Balaban J connectivity index is 0.000000612. The number of halogens is 4. The largest absolute Gasteiger partial charge is 0.489 e. The molecule has 0 saturated heterocycles. The predicted molar refractivity (Wildman–Crippen MR) is 117 cm³/mol. The Bertz CT molecular complexity index is 724. The van der Waals surface area contributed by atoms with Crippen LogP contribution in [0.3, 0.4) is 0 Å². The van der Waals surface area contributed by atoms with Crippen molar-refractivity contribution in [3.8, 4) is 5.75 Å². The van der Waals surface area contributed by atoms with Crippen LogP contribution in [0.4, 0.5) is 29.3 Å². The van der Waals surface area contributed by atoms with E-state index >= 15 is 0 Å². The number of benzene rings is 1. The second-order valence-corrected chi connectivity index (χ2v) is 9.47. The van der Waals surface area contributed by atoms with Crippen molar-refractivity contribution in [1.29, 1.82) is 0 Å². The Morgan fingerprint density at radius 2 is 1.86 bits per heavy atom. The van der Waals surface area contributed by atoms with Gasteiger partial charge in [-0.05, 0) is 32.0 Å². The molecule has 6 nitrogen and oxygen atoms in total. The standard InChI is InChI=1S/C13H14F3IN2O3S.C5H10O/c1-12(2,13(14,15)16)22-11(20)18-8-3-4-10-9(7-8)19(23-17)5-6-21-10;1-5(2,3)4-6/h3-4,7H,5-6H2,1-2H3,(H,18,20);4H,1-3H3. The lowest BCUT2D eigenvalue weighted by Gasteiger charge is -2.29. The second-order valence-electron chi connectivity index (χ2n) is 7.71. The molecule has 1 aliphatic heterocycles. The fourth-order valence-corrected chi connectivity index (χ4v) is 3.36. The topological polar surface area (TPSA) is 67.9 Å². The number of carbonyl (C=O) groups excluding carboxylic acids is 2. The molecular formula is C18H24F3IN2O4S. The molecule has 0 aromatic heterocycles. The zero-order valence-electron chi connectivity index (χ0n) is 16.7. The van der Waals surface area contributed by atoms with Gasteiger partial charge in [0.1, 0.15) is 18.6 Å². The average molecular weight is 548 g/mol. The number of hydrogen-bond acceptors (Lipinski definition) is 6. The number of hydrogen-bond donors (Lipinski definition) is 1. The van der Waals surface area contributed by atoms with E-state index in [1.165, 1.54) is 9.12 Å². The van der Waals surface area contributed by atoms with Crippen molar-refractivity contribution in [1.82, 2.24) is 0 Å². The van der Waals surface area contributed by atoms with Gasteiger partial charge in [0.05, 0.1) is 12.2 Å². The van der Waals surface area contributed by atoms with Gasteiger partial charge in [-0.2, -0.15) is 13.2 Å². The Labute approximate surface area is 184 Å². The normalized spacial score (nSPS) is 14.0. The highest BCUT2D eigenvalue weighted by Crippen LogP contribution is 2.39. The van der Waals surface area contributed by atoms with Crippen LogP contribution in [0.1, 0.15) is 34.6 Å². The monoisotopic (exact) mass is 548 g/mol. The first kappa shape index (κ1) is 25.7. The molecule has 0 spiro atoms. The Morgan fingerprint density at radius 1 is 1.28 bits per heavy atom. The molecule has 0 bridgehead atoms. The molecule has 11 heteroatoms. The van der Waals surface area contributed by atoms with Crippen molar-refractivity contribution in [3.05, 3.63) is 18.2 Å². The Hall–Kier alpha value is -1.37. The molecule has 2 rings (SSSR count). The quantitative estimate of drug-likeness (QED) is 0.284. The number of ether oxygens (including phenoxy) is 2. The number of aldehydes is 1. The molecule has 164 valence electrons. The molecule has 0 aliphatic carbocycles. The van der Waals surface area contributed by atoms with Crippen LogP contribution in [0.2, 0.25) is 0 Å². The van der Waals surface area contributed by atoms with Gasteiger partial charge in [0.25, 0.3) is 0 Å². The minimum atomic E-state index is -4.65. The summed E-state index contributed by atoms with van der Waals surface area (Å²) < 4.78 is 50.1. The van der Waals surface area contributed by atoms with Crippen molar-refractivity contribution < 1.29 is 32.2 Å². The summed E-state index contributed by atoms with van der Waals surface area (Å²) in [6.45, 7) is 8.41. The van der Waals surface area contributed by atoms with E-state index < -0.39 is 17.9 Å². The van der Waals surface area contributed by atoms with Crippen LogP contribution in [0.25, 0.3) is 0 Å². The van der Waals surface area contributed by atoms with Gasteiger partial charge in [0, 0.05) is 41.4 Å². The van der Waals surface area contributed by atoms with Crippen LogP contribution in [0, 0.1) is 5.41 Å². The zero-order valence-corrected chi connectivity index (χ0v) is 19.7. The maximum Gasteiger partial charge on any atom is 0.427 e. The minimum absolute atomic E-state index is 0.139. The molecule has 1 aromatic carbocycles. The molecular weight excluding hydrogens is 524 g/mol. The van der Waals surface area contributed by atoms with Crippen molar-refractivity contribution in [2.45, 2.75) is 46.4 Å². The van der Waals surface area contributed by atoms with Crippen LogP contribution in [-0.2, 0) is 9.53 Å². The molecule has 0 atom stereocenters. The van der Waals surface area contributed by atoms with Crippen molar-refractivity contribution in [2.24, 2.45) is 5.41 Å². The number of anilines is 2. The minimum Gasteiger partial charge on any atom is -0.489 e. The van der Waals surface area contributed by atoms with Gasteiger partial charge in [0.15, 0.2) is 0 Å². The van der Waals surface area contributed by atoms with Crippen LogP contribution >= 0.6 is 30.3 Å². The highest BCUT2D eigenvalue weighted by molar-refractivity contribution is 14.2. The summed E-state index contributed by atoms with van der Waals surface area (Å²) in [4.78, 5) is 21.5. The van der Waals surface area contributed by atoms with Crippen molar-refractivity contribution in [2.75, 3.05) is 22.8 Å². The molecule has 1 N–H and O–H groups in total. The third kappa shape index (κ3) is 8.11. The van der Waals surface area contributed by atoms with Crippen LogP contribution in [0.15, 0.2) is 18.2 Å². The fourth-order valence-electron chi connectivity index (χ4n) is 1.78. The molecule has 1 aromatic rings. The van der Waals surface area contributed by atoms with Crippen LogP contribution < -0.4 is 14.4 Å². The molecule has 1 heterocycles. The summed E-state index contributed by atoms with van der Waals surface area (Å²) in [6, 6.07) is 4.82. The smallest absolute Gasteiger partial charge is 0.427 e. The number of nitrogens with zero attached hydrogens (tertiary/aromatic N) is 1. The fraction of sp³-hybridized carbons (Fsp3) is 0.556. The van der Waals surface area contributed by atoms with E-state index in [1.54, 1.807) is 18.2 Å². The maximum atomic E-state index is 12.7. The van der Waals surface area contributed by atoms with Gasteiger partial charge >= 0.3 is 12.3 Å². The number of amides is 1. The second kappa shape index (κ2) is 10.1. The lowest BCUT2D eigenvalue weighted by molar-refractivity contribution is -0.242. The van der Waals surface area contributed by atoms with E-state index in [2.05, 4.69) is 31.3 Å². The summed E-state index contributed by atoms with van der Waals surface area (Å²) in [5.74, 6) is 0.648. The van der Waals surface area contributed by atoms with Gasteiger partial charge in [-0.25, -0.2) is 4.79 Å². The average Bonchev–Trinajstić information content (AvgIpc) is 2.59. The van der Waals surface area contributed by atoms with Gasteiger partial charge in [0.2, 0.25) is 5.60 Å². The number of carbonyl (C=O) groups is 2. The van der Waals surface area contributed by atoms with Gasteiger partial charge in [-0.3, -0.25) is 5.32 Å². The van der Waals surface area contributed by atoms with Gasteiger partial charge in [-0.1, -0.05) is 20.8 Å². The van der Waals surface area contributed by atoms with E-state index in [4.69, 9.17) is 4.74 Å². The molecule has 1 aliphatic rings. The predicted octanol–water partition coefficient (Wildman–Crippen LogP) is 6.00. The van der Waals surface area contributed by atoms with Crippen molar-refractivity contribution >= 4 is 54.1 Å². The SMILES string of the molecule is CC(C)(C)C=O.CC(C)(OC(=O)Nc1ccc2c(c1)N(SI)CCO2)C(F)(F)F. The Morgan fingerprint density at radius 3 is 2.34 bits per heavy atom. The lowest BCUT2D eigenvalue weighted by Crippen LogP contribution is -2.44. The molecule has 0 unspecified atom stereocenters. The first-order valence-corrected chi connectivity index (χ1v) is 11.9. The van der Waals surface area contributed by atoms with Gasteiger partial charge in [-0.15, -0.1) is 0 Å². The summed E-state index contributed by atoms with van der Waals surface area (Å²) in [5.41, 5.74) is -1.64. The van der Waals surface area contributed by atoms with E-state index in [9.17, 15) is 22.8 Å². The molecule has 0 saturated carbocycles. The Kier molecular flexibility index (Phi) is 8.93. The third-order valence-corrected chi connectivity index (χ3v) is 5.47. The first-order chi connectivity index (χ1) is 13.2. The number of nitrogens with one attached hydrogen (secondary N) is 1. The number of rotatable bonds is 3. The summed E-state index contributed by atoms with van der Waals surface area (Å²) >= 11 is 2.12. The van der Waals surface area contributed by atoms with E-state index in [-0.39, 0.29) is 5.41 Å². The molecule has 1 amide bonds. The number of alkyl halides is 3. The first-order valence-electron chi connectivity index (χ1n) is 8.56. The summed E-state index contributed by atoms with van der Waals surface area (Å²) in [7, 11) is 1.46. The van der Waals surface area contributed by atoms with Crippen molar-refractivity contribution in [3.63, 3.8) is 0 Å². The van der Waals surface area contributed by atoms with E-state index in [0.29, 0.717) is 24.6 Å². The maximum absolute atomic E-state index is 12.7. The van der Waals surface area contributed by atoms with Gasteiger partial charge < -0.3 is 18.6 Å². The number of fused-ring (bicyclic) bond motifs is 1. The summed E-state index contributed by atoms with van der Waals surface area (Å²) in [5, 5.41) is 2.31. The van der Waals surface area contributed by atoms with E-state index in [1.807, 2.05) is 25.1 Å². The highest BCUT2D eigenvalue weighted by Gasteiger charge is 2.51. The highest BCUT2D eigenvalue weighted by atomic mass is 127.